The van der Waals surface area contributed by atoms with Crippen LogP contribution in [-0.4, -0.2) is 70.9 Å². The Kier molecular flexibility index (Phi) is 6.76. The van der Waals surface area contributed by atoms with Crippen molar-refractivity contribution in [3.63, 3.8) is 0 Å². The van der Waals surface area contributed by atoms with Gasteiger partial charge in [0, 0.05) is 61.7 Å². The molecule has 0 atom stereocenters. The lowest BCUT2D eigenvalue weighted by atomic mass is 10.1. The first-order chi connectivity index (χ1) is 17.7. The molecule has 0 unspecified atom stereocenters. The van der Waals surface area contributed by atoms with Crippen LogP contribution in [0, 0.1) is 0 Å². The summed E-state index contributed by atoms with van der Waals surface area (Å²) in [6, 6.07) is 19.2. The maximum atomic E-state index is 5.64. The van der Waals surface area contributed by atoms with Crippen LogP contribution in [-0.2, 0) is 4.74 Å². The first kappa shape index (κ1) is 23.3. The Morgan fingerprint density at radius 3 is 2.42 bits per heavy atom. The van der Waals surface area contributed by atoms with Gasteiger partial charge in [-0.1, -0.05) is 30.0 Å². The largest absolute Gasteiger partial charge is 0.381 e. The molecular weight excluding hydrogens is 470 g/mol. The molecule has 2 saturated heterocycles. The maximum absolute atomic E-state index is 5.64. The van der Waals surface area contributed by atoms with Crippen molar-refractivity contribution >= 4 is 40.2 Å². The number of fused-ring (bicyclic) bond motifs is 1. The average molecular weight is 502 g/mol. The second kappa shape index (κ2) is 10.5. The van der Waals surface area contributed by atoms with Crippen LogP contribution >= 0.6 is 11.8 Å². The van der Waals surface area contributed by atoms with E-state index in [1.807, 2.05) is 12.3 Å². The van der Waals surface area contributed by atoms with Crippen molar-refractivity contribution < 1.29 is 4.74 Å². The fourth-order valence-electron chi connectivity index (χ4n) is 4.82. The smallest absolute Gasteiger partial charge is 0.229 e. The summed E-state index contributed by atoms with van der Waals surface area (Å²) in [6.07, 6.45) is 3.73. The molecule has 0 saturated carbocycles. The number of anilines is 3. The quantitative estimate of drug-likeness (QED) is 0.403. The molecule has 8 nitrogen and oxygen atoms in total. The molecule has 9 heteroatoms. The van der Waals surface area contributed by atoms with Crippen molar-refractivity contribution in [3.8, 4) is 0 Å². The van der Waals surface area contributed by atoms with E-state index < -0.39 is 0 Å². The molecule has 6 rings (SSSR count). The number of nitrogens with zero attached hydrogens (tertiary/aromatic N) is 6. The Hall–Kier alpha value is -3.14. The Morgan fingerprint density at radius 2 is 1.67 bits per heavy atom. The normalized spacial score (nSPS) is 17.5. The van der Waals surface area contributed by atoms with Crippen molar-refractivity contribution in [1.82, 2.24) is 24.4 Å². The molecule has 0 spiro atoms. The van der Waals surface area contributed by atoms with Gasteiger partial charge in [-0.2, -0.15) is 4.98 Å². The van der Waals surface area contributed by atoms with Gasteiger partial charge in [-0.25, -0.2) is 9.97 Å². The van der Waals surface area contributed by atoms with Gasteiger partial charge in [0.2, 0.25) is 5.95 Å². The number of rotatable bonds is 6. The summed E-state index contributed by atoms with van der Waals surface area (Å²) >= 11 is 1.67. The third-order valence-electron chi connectivity index (χ3n) is 6.90. The molecule has 1 N–H and O–H groups in total. The molecule has 4 aromatic rings. The fourth-order valence-corrected chi connectivity index (χ4v) is 5.80. The minimum atomic E-state index is 0.306. The van der Waals surface area contributed by atoms with E-state index in [2.05, 4.69) is 80.2 Å². The van der Waals surface area contributed by atoms with Gasteiger partial charge in [0.15, 0.2) is 10.8 Å². The van der Waals surface area contributed by atoms with E-state index in [1.165, 1.54) is 5.69 Å². The average Bonchev–Trinajstić information content (AvgIpc) is 3.28. The van der Waals surface area contributed by atoms with Crippen LogP contribution < -0.4 is 10.2 Å². The highest BCUT2D eigenvalue weighted by Gasteiger charge is 2.24. The third kappa shape index (κ3) is 5.04. The lowest BCUT2D eigenvalue weighted by Crippen LogP contribution is -2.44. The van der Waals surface area contributed by atoms with Crippen molar-refractivity contribution in [2.75, 3.05) is 56.7 Å². The highest BCUT2D eigenvalue weighted by atomic mass is 32.2. The third-order valence-corrected chi connectivity index (χ3v) is 7.88. The lowest BCUT2D eigenvalue weighted by Gasteiger charge is -2.34. The predicted molar refractivity (Wildman–Crippen MR) is 144 cm³/mol. The van der Waals surface area contributed by atoms with Crippen LogP contribution in [0.4, 0.5) is 17.3 Å². The first-order valence-corrected chi connectivity index (χ1v) is 13.4. The Bertz CT molecular complexity index is 1300. The molecule has 2 aliphatic heterocycles. The molecule has 4 heterocycles. The molecule has 2 aromatic heterocycles. The minimum absolute atomic E-state index is 0.306. The van der Waals surface area contributed by atoms with E-state index in [9.17, 15) is 0 Å². The van der Waals surface area contributed by atoms with Gasteiger partial charge in [-0.05, 0) is 56.3 Å². The number of piperazine rings is 1. The molecule has 2 aliphatic rings. The monoisotopic (exact) mass is 501 g/mol. The van der Waals surface area contributed by atoms with E-state index in [-0.39, 0.29) is 0 Å². The number of aromatic nitrogens is 4. The summed E-state index contributed by atoms with van der Waals surface area (Å²) in [5, 5.41) is 4.35. The molecule has 0 amide bonds. The second-order valence-electron chi connectivity index (χ2n) is 9.39. The number of hydrogen-bond donors (Lipinski definition) is 1. The van der Waals surface area contributed by atoms with Gasteiger partial charge in [0.05, 0.1) is 6.20 Å². The lowest BCUT2D eigenvalue weighted by molar-refractivity contribution is 0.0683. The highest BCUT2D eigenvalue weighted by Crippen LogP contribution is 2.35. The first-order valence-electron chi connectivity index (χ1n) is 12.6. The number of imidazole rings is 1. The van der Waals surface area contributed by atoms with E-state index in [4.69, 9.17) is 14.7 Å². The summed E-state index contributed by atoms with van der Waals surface area (Å²) in [4.78, 5) is 20.4. The van der Waals surface area contributed by atoms with Gasteiger partial charge >= 0.3 is 0 Å². The summed E-state index contributed by atoms with van der Waals surface area (Å²) in [5.41, 5.74) is 3.91. The van der Waals surface area contributed by atoms with E-state index >= 15 is 0 Å². The molecular formula is C27H31N7OS. The number of likely N-dealkylation sites (N-methyl/N-ethyl adjacent to an activating group) is 1. The van der Waals surface area contributed by atoms with E-state index in [1.54, 1.807) is 11.8 Å². The van der Waals surface area contributed by atoms with Crippen LogP contribution in [0.5, 0.6) is 0 Å². The number of hydrogen-bond acceptors (Lipinski definition) is 8. The molecule has 2 aromatic carbocycles. The Morgan fingerprint density at radius 1 is 0.917 bits per heavy atom. The number of benzene rings is 2. The topological polar surface area (TPSA) is 71.3 Å². The maximum Gasteiger partial charge on any atom is 0.229 e. The molecule has 186 valence electrons. The summed E-state index contributed by atoms with van der Waals surface area (Å²) in [6.45, 7) is 5.83. The van der Waals surface area contributed by atoms with Gasteiger partial charge in [-0.15, -0.1) is 0 Å². The van der Waals surface area contributed by atoms with Crippen LogP contribution in [0.3, 0.4) is 0 Å². The summed E-state index contributed by atoms with van der Waals surface area (Å²) < 4.78 is 7.93. The Labute approximate surface area is 215 Å². The van der Waals surface area contributed by atoms with Gasteiger partial charge in [-0.3, -0.25) is 4.57 Å². The summed E-state index contributed by atoms with van der Waals surface area (Å²) in [7, 11) is 2.18. The zero-order valence-electron chi connectivity index (χ0n) is 20.5. The minimum Gasteiger partial charge on any atom is -0.381 e. The van der Waals surface area contributed by atoms with Crippen LogP contribution in [0.25, 0.3) is 11.2 Å². The number of nitrogens with one attached hydrogen (secondary N) is 1. The van der Waals surface area contributed by atoms with Crippen molar-refractivity contribution in [2.45, 2.75) is 28.9 Å². The summed E-state index contributed by atoms with van der Waals surface area (Å²) in [5.74, 6) is 0.583. The molecule has 2 fully saturated rings. The SMILES string of the molecule is CN1CCN(c2ccc(Nc3ncc4nc(Sc5ccccc5)n(C5CCOCC5)c4n3)cc2)CC1. The Balaban J connectivity index is 1.27. The van der Waals surface area contributed by atoms with Crippen molar-refractivity contribution in [1.29, 1.82) is 0 Å². The zero-order chi connectivity index (χ0) is 24.3. The number of ether oxygens (including phenoxy) is 1. The van der Waals surface area contributed by atoms with Crippen LogP contribution in [0.2, 0.25) is 0 Å². The second-order valence-corrected chi connectivity index (χ2v) is 10.4. The predicted octanol–water partition coefficient (Wildman–Crippen LogP) is 4.82. The van der Waals surface area contributed by atoms with Gasteiger partial charge in [0.1, 0.15) is 5.52 Å². The van der Waals surface area contributed by atoms with E-state index in [0.29, 0.717) is 12.0 Å². The van der Waals surface area contributed by atoms with Crippen molar-refractivity contribution in [2.24, 2.45) is 0 Å². The van der Waals surface area contributed by atoms with Crippen LogP contribution in [0.15, 0.2) is 70.8 Å². The molecule has 0 bridgehead atoms. The van der Waals surface area contributed by atoms with Crippen molar-refractivity contribution in [3.05, 3.63) is 60.8 Å². The van der Waals surface area contributed by atoms with Crippen LogP contribution in [0.1, 0.15) is 18.9 Å². The fraction of sp³-hybridized carbons (Fsp3) is 0.370. The van der Waals surface area contributed by atoms with Gasteiger partial charge < -0.3 is 19.9 Å². The van der Waals surface area contributed by atoms with E-state index in [0.717, 1.165) is 79.1 Å². The molecule has 36 heavy (non-hydrogen) atoms. The molecule has 0 aliphatic carbocycles. The van der Waals surface area contributed by atoms with Gasteiger partial charge in [0.25, 0.3) is 0 Å². The molecule has 0 radical (unpaired) electrons. The highest BCUT2D eigenvalue weighted by molar-refractivity contribution is 7.99. The standard InChI is InChI=1S/C27H31N7OS/c1-32-13-15-33(16-14-32)21-9-7-20(8-10-21)29-26-28-19-24-25(31-26)34(22-11-17-35-18-12-22)27(30-24)36-23-5-3-2-4-6-23/h2-10,19,22H,11-18H2,1H3,(H,28,29,31). The zero-order valence-corrected chi connectivity index (χ0v) is 21.3.